The summed E-state index contributed by atoms with van der Waals surface area (Å²) in [7, 11) is 1.57. The molecule has 2 aliphatic heterocycles. The zero-order valence-electron chi connectivity index (χ0n) is 23.5. The zero-order valence-corrected chi connectivity index (χ0v) is 26.6. The van der Waals surface area contributed by atoms with Crippen molar-refractivity contribution < 1.29 is 29.0 Å². The fourth-order valence-electron chi connectivity index (χ4n) is 7.85. The van der Waals surface area contributed by atoms with Crippen LogP contribution >= 0.6 is 46.3 Å². The Morgan fingerprint density at radius 2 is 1.84 bits per heavy atom. The minimum absolute atomic E-state index is 0.00592. The molecule has 230 valence electrons. The van der Waals surface area contributed by atoms with Crippen LogP contribution < -0.4 is 14.3 Å². The lowest BCUT2D eigenvalue weighted by Crippen LogP contribution is -2.42. The Labute approximate surface area is 270 Å². The predicted octanol–water partition coefficient (Wildman–Crippen LogP) is 5.67. The Morgan fingerprint density at radius 3 is 2.57 bits per heavy atom. The van der Waals surface area contributed by atoms with Crippen molar-refractivity contribution >= 4 is 64.1 Å². The number of hydrogen-bond donors (Lipinski definition) is 2. The molecule has 0 radical (unpaired) electrons. The van der Waals surface area contributed by atoms with Gasteiger partial charge < -0.3 is 19.6 Å². The van der Waals surface area contributed by atoms with Crippen molar-refractivity contribution in [3.63, 3.8) is 0 Å². The number of aromatic amines is 1. The van der Waals surface area contributed by atoms with Gasteiger partial charge in [0.1, 0.15) is 6.61 Å². The first-order valence-corrected chi connectivity index (χ1v) is 16.8. The molecule has 7 rings (SSSR count). The third kappa shape index (κ3) is 4.83. The van der Waals surface area contributed by atoms with Gasteiger partial charge in [0.25, 0.3) is 0 Å². The molecule has 3 aromatic rings. The molecule has 3 heterocycles. The number of hydrogen-bond acceptors (Lipinski definition) is 8. The number of ether oxygens (including phenoxy) is 2. The van der Waals surface area contributed by atoms with E-state index in [4.69, 9.17) is 37.8 Å². The number of thioether (sulfide) groups is 1. The highest BCUT2D eigenvalue weighted by molar-refractivity contribution is 8.00. The summed E-state index contributed by atoms with van der Waals surface area (Å²) < 4.78 is 11.8. The molecule has 2 N–H and O–H groups in total. The number of rotatable bonds is 9. The summed E-state index contributed by atoms with van der Waals surface area (Å²) >= 11 is 15.2. The number of fused-ring (bicyclic) bond motifs is 9. The van der Waals surface area contributed by atoms with Gasteiger partial charge in [0.05, 0.1) is 24.0 Å². The van der Waals surface area contributed by atoms with Crippen LogP contribution in [0.15, 0.2) is 46.2 Å². The van der Waals surface area contributed by atoms with Crippen LogP contribution in [0.25, 0.3) is 0 Å². The number of carbonyl (C=O) groups is 3. The van der Waals surface area contributed by atoms with Gasteiger partial charge in [-0.15, -0.1) is 11.8 Å². The van der Waals surface area contributed by atoms with Gasteiger partial charge in [-0.05, 0) is 60.4 Å². The second-order valence-electron chi connectivity index (χ2n) is 11.7. The largest absolute Gasteiger partial charge is 0.493 e. The molecule has 0 spiro atoms. The molecule has 2 aromatic carbocycles. The molecule has 2 aliphatic carbocycles. The lowest BCUT2D eigenvalue weighted by Gasteiger charge is -2.43. The van der Waals surface area contributed by atoms with Crippen LogP contribution in [0, 0.1) is 29.6 Å². The summed E-state index contributed by atoms with van der Waals surface area (Å²) in [5, 5.41) is 11.0. The van der Waals surface area contributed by atoms with Crippen LogP contribution in [0.5, 0.6) is 11.5 Å². The van der Waals surface area contributed by atoms with Gasteiger partial charge in [-0.2, -0.15) is 0 Å². The van der Waals surface area contributed by atoms with E-state index in [1.54, 1.807) is 31.0 Å². The number of imide groups is 1. The summed E-state index contributed by atoms with van der Waals surface area (Å²) in [5.74, 6) is -1.25. The van der Waals surface area contributed by atoms with Crippen molar-refractivity contribution in [1.82, 2.24) is 9.88 Å². The summed E-state index contributed by atoms with van der Waals surface area (Å²) in [6.45, 7) is 0.342. The van der Waals surface area contributed by atoms with Crippen molar-refractivity contribution in [3.05, 3.63) is 72.1 Å². The molecule has 2 amide bonds. The van der Waals surface area contributed by atoms with Gasteiger partial charge in [0.2, 0.25) is 11.8 Å². The molecule has 2 saturated carbocycles. The number of H-pyrrole nitrogens is 1. The molecule has 3 fully saturated rings. The van der Waals surface area contributed by atoms with E-state index in [1.165, 1.54) is 16.2 Å². The molecule has 1 saturated heterocycles. The predicted molar refractivity (Wildman–Crippen MR) is 166 cm³/mol. The van der Waals surface area contributed by atoms with E-state index in [-0.39, 0.29) is 71.6 Å². The Morgan fingerprint density at radius 1 is 1.07 bits per heavy atom. The van der Waals surface area contributed by atoms with Crippen molar-refractivity contribution in [3.8, 4) is 11.5 Å². The highest BCUT2D eigenvalue weighted by atomic mass is 35.5. The maximum atomic E-state index is 13.7. The number of benzene rings is 2. The Balaban J connectivity index is 1.20. The number of aliphatic carboxylic acids is 1. The minimum atomic E-state index is -0.949. The SMILES string of the molecule is COc1cc(C2c3sc(=O)[nH]c3SC3C4CC(C5C(=O)N(CCCC(=O)O)C(=O)C45)C23)ccc1OCc1ccc(Cl)cc1Cl. The smallest absolute Gasteiger partial charge is 0.305 e. The maximum absolute atomic E-state index is 13.7. The van der Waals surface area contributed by atoms with Gasteiger partial charge in [-0.1, -0.05) is 46.7 Å². The number of carbonyl (C=O) groups excluding carboxylic acids is 2. The third-order valence-electron chi connectivity index (χ3n) is 9.53. The summed E-state index contributed by atoms with van der Waals surface area (Å²) in [6, 6.07) is 11.0. The van der Waals surface area contributed by atoms with Gasteiger partial charge in [-0.25, -0.2) is 0 Å². The van der Waals surface area contributed by atoms with Gasteiger partial charge in [0.15, 0.2) is 11.5 Å². The number of methoxy groups -OCH3 is 1. The number of likely N-dealkylation sites (tertiary alicyclic amines) is 1. The number of carboxylic acid groups (broad SMARTS) is 1. The molecular weight excluding hydrogens is 647 g/mol. The average Bonchev–Trinajstić information content (AvgIpc) is 3.72. The number of thiazole rings is 1. The summed E-state index contributed by atoms with van der Waals surface area (Å²) in [6.07, 6.45) is 0.918. The molecule has 4 aliphatic rings. The first kappa shape index (κ1) is 29.7. The second kappa shape index (κ2) is 11.4. The Hall–Kier alpha value is -2.99. The number of halogens is 2. The van der Waals surface area contributed by atoms with E-state index in [2.05, 4.69) is 4.98 Å². The summed E-state index contributed by atoms with van der Waals surface area (Å²) in [5.41, 5.74) is 1.73. The van der Waals surface area contributed by atoms with Crippen LogP contribution in [0.1, 0.15) is 41.2 Å². The van der Waals surface area contributed by atoms with Crippen LogP contribution in [0.3, 0.4) is 0 Å². The molecule has 1 aromatic heterocycles. The van der Waals surface area contributed by atoms with E-state index < -0.39 is 17.8 Å². The Kier molecular flexibility index (Phi) is 7.71. The van der Waals surface area contributed by atoms with Crippen LogP contribution in [0.2, 0.25) is 10.0 Å². The lowest BCUT2D eigenvalue weighted by atomic mass is 9.68. The first-order chi connectivity index (χ1) is 21.2. The highest BCUT2D eigenvalue weighted by Crippen LogP contribution is 2.68. The van der Waals surface area contributed by atoms with E-state index in [0.717, 1.165) is 27.5 Å². The molecular formula is C31H28Cl2N2O7S2. The number of amides is 2. The molecule has 9 nitrogen and oxygen atoms in total. The van der Waals surface area contributed by atoms with Gasteiger partial charge in [-0.3, -0.25) is 24.1 Å². The molecule has 44 heavy (non-hydrogen) atoms. The first-order valence-electron chi connectivity index (χ1n) is 14.4. The zero-order chi connectivity index (χ0) is 30.9. The second-order valence-corrected chi connectivity index (χ2v) is 14.8. The minimum Gasteiger partial charge on any atom is -0.493 e. The number of carboxylic acids is 1. The fraction of sp³-hybridized carbons (Fsp3) is 0.419. The van der Waals surface area contributed by atoms with Crippen molar-refractivity contribution in [1.29, 1.82) is 0 Å². The quantitative estimate of drug-likeness (QED) is 0.278. The van der Waals surface area contributed by atoms with E-state index in [0.29, 0.717) is 21.5 Å². The molecule has 13 heteroatoms. The summed E-state index contributed by atoms with van der Waals surface area (Å²) in [4.78, 5) is 55.9. The number of aromatic nitrogens is 1. The van der Waals surface area contributed by atoms with E-state index in [9.17, 15) is 19.2 Å². The number of nitrogens with one attached hydrogen (secondary N) is 1. The van der Waals surface area contributed by atoms with Crippen molar-refractivity contribution in [2.24, 2.45) is 29.6 Å². The topological polar surface area (TPSA) is 126 Å². The van der Waals surface area contributed by atoms with E-state index in [1.807, 2.05) is 24.3 Å². The average molecular weight is 676 g/mol. The van der Waals surface area contributed by atoms with Crippen LogP contribution in [-0.4, -0.2) is 51.7 Å². The molecule has 7 unspecified atom stereocenters. The molecule has 2 bridgehead atoms. The van der Waals surface area contributed by atoms with Crippen molar-refractivity contribution in [2.45, 2.75) is 42.1 Å². The molecule has 7 atom stereocenters. The van der Waals surface area contributed by atoms with Crippen LogP contribution in [0.4, 0.5) is 0 Å². The van der Waals surface area contributed by atoms with E-state index >= 15 is 0 Å². The standard InChI is InChI=1S/C31H28Cl2N2O7S2/c1-41-20-9-13(5-7-19(20)42-12-14-4-6-15(32)10-18(14)33)22-23-16-11-17(26(23)43-28-27(22)44-31(40)34-28)25-24(16)29(38)35(30(25)39)8-2-3-21(36)37/h4-7,9-10,16-17,22-26H,2-3,8,11-12H2,1H3,(H,34,40)(H,36,37). The fourth-order valence-corrected chi connectivity index (χ4v) is 11.2. The monoisotopic (exact) mass is 674 g/mol. The third-order valence-corrected chi connectivity index (χ3v) is 12.7. The van der Waals surface area contributed by atoms with Gasteiger partial charge in [0, 0.05) is 44.6 Å². The van der Waals surface area contributed by atoms with Crippen molar-refractivity contribution in [2.75, 3.05) is 13.7 Å². The van der Waals surface area contributed by atoms with Gasteiger partial charge >= 0.3 is 10.8 Å². The lowest BCUT2D eigenvalue weighted by molar-refractivity contribution is -0.142. The number of nitrogens with zero attached hydrogens (tertiary/aromatic N) is 1. The highest BCUT2D eigenvalue weighted by Gasteiger charge is 2.69. The normalized spacial score (nSPS) is 28.2. The maximum Gasteiger partial charge on any atom is 0.305 e. The van der Waals surface area contributed by atoms with Crippen LogP contribution in [-0.2, 0) is 21.0 Å². The Bertz CT molecular complexity index is 1740.